The zero-order valence-corrected chi connectivity index (χ0v) is 9.79. The van der Waals surface area contributed by atoms with E-state index in [9.17, 15) is 9.59 Å². The van der Waals surface area contributed by atoms with Gasteiger partial charge in [-0.15, -0.1) is 0 Å². The Morgan fingerprint density at radius 2 is 2.47 bits per heavy atom. The van der Waals surface area contributed by atoms with Crippen LogP contribution in [0.2, 0.25) is 0 Å². The van der Waals surface area contributed by atoms with Crippen molar-refractivity contribution in [1.29, 1.82) is 0 Å². The quantitative estimate of drug-likeness (QED) is 0.242. The van der Waals surface area contributed by atoms with Crippen LogP contribution in [0.3, 0.4) is 0 Å². The highest BCUT2D eigenvalue weighted by Gasteiger charge is 2.30. The minimum atomic E-state index is -0.492. The number of hydrogen-bond acceptors (Lipinski definition) is 4. The van der Waals surface area contributed by atoms with Crippen molar-refractivity contribution in [3.63, 3.8) is 0 Å². The van der Waals surface area contributed by atoms with Crippen molar-refractivity contribution in [3.8, 4) is 0 Å². The fourth-order valence-electron chi connectivity index (χ4n) is 1.70. The van der Waals surface area contributed by atoms with Gasteiger partial charge in [0.25, 0.3) is 0 Å². The Morgan fingerprint density at radius 1 is 1.76 bits per heavy atom. The number of likely N-dealkylation sites (tertiary alicyclic amines) is 1. The first-order valence-corrected chi connectivity index (χ1v) is 5.16. The smallest absolute Gasteiger partial charge is 0.332 e. The molecule has 0 spiro atoms. The van der Waals surface area contributed by atoms with E-state index in [1.807, 2.05) is 0 Å². The van der Waals surface area contributed by atoms with Gasteiger partial charge in [-0.05, 0) is 18.4 Å². The van der Waals surface area contributed by atoms with Crippen LogP contribution >= 0.6 is 0 Å². The molecule has 1 rings (SSSR count). The molecular formula is C10H14N4O3. The second-order valence-electron chi connectivity index (χ2n) is 3.80. The van der Waals surface area contributed by atoms with E-state index in [4.69, 9.17) is 5.53 Å². The van der Waals surface area contributed by atoms with Crippen molar-refractivity contribution in [2.75, 3.05) is 20.2 Å². The van der Waals surface area contributed by atoms with Gasteiger partial charge in [0.15, 0.2) is 0 Å². The van der Waals surface area contributed by atoms with Crippen LogP contribution in [0, 0.1) is 5.92 Å². The van der Waals surface area contributed by atoms with E-state index >= 15 is 0 Å². The number of esters is 1. The fourth-order valence-corrected chi connectivity index (χ4v) is 1.70. The lowest BCUT2D eigenvalue weighted by Crippen LogP contribution is -2.24. The molecule has 1 fully saturated rings. The average molecular weight is 238 g/mol. The summed E-state index contributed by atoms with van der Waals surface area (Å²) >= 11 is 0. The Hall–Kier alpha value is -2.01. The summed E-state index contributed by atoms with van der Waals surface area (Å²) in [5.74, 6) is -0.547. The molecular weight excluding hydrogens is 224 g/mol. The number of rotatable bonds is 4. The summed E-state index contributed by atoms with van der Waals surface area (Å²) in [4.78, 5) is 26.9. The third-order valence-electron chi connectivity index (χ3n) is 2.56. The highest BCUT2D eigenvalue weighted by molar-refractivity contribution is 5.85. The molecule has 0 saturated carbocycles. The van der Waals surface area contributed by atoms with Crippen LogP contribution in [0.25, 0.3) is 10.4 Å². The average Bonchev–Trinajstić information content (AvgIpc) is 2.67. The molecule has 1 unspecified atom stereocenters. The highest BCUT2D eigenvalue weighted by atomic mass is 16.5. The van der Waals surface area contributed by atoms with Crippen LogP contribution in [0.5, 0.6) is 0 Å². The topological polar surface area (TPSA) is 95.4 Å². The summed E-state index contributed by atoms with van der Waals surface area (Å²) in [6.45, 7) is 2.44. The lowest BCUT2D eigenvalue weighted by molar-refractivity contribution is -0.135. The normalized spacial score (nSPS) is 20.1. The molecule has 0 aliphatic carbocycles. The van der Waals surface area contributed by atoms with E-state index in [1.54, 1.807) is 6.92 Å². The Labute approximate surface area is 98.7 Å². The second-order valence-corrected chi connectivity index (χ2v) is 3.80. The van der Waals surface area contributed by atoms with Gasteiger partial charge in [0.2, 0.25) is 5.91 Å². The predicted molar refractivity (Wildman–Crippen MR) is 59.6 cm³/mol. The standard InChI is InChI=1S/C10H14N4O3/c1-7(3-10(16)17-2)14-6-8(4-9(14)15)5-12-13-11/h3,8H,4-6H2,1-2H3. The van der Waals surface area contributed by atoms with Crippen molar-refractivity contribution in [2.24, 2.45) is 11.0 Å². The predicted octanol–water partition coefficient (Wildman–Crippen LogP) is 1.22. The molecule has 1 aliphatic rings. The van der Waals surface area contributed by atoms with E-state index in [2.05, 4.69) is 14.8 Å². The van der Waals surface area contributed by atoms with Gasteiger partial charge in [0, 0.05) is 36.2 Å². The van der Waals surface area contributed by atoms with E-state index in [0.29, 0.717) is 25.2 Å². The number of hydrogen-bond donors (Lipinski definition) is 0. The zero-order chi connectivity index (χ0) is 12.8. The van der Waals surface area contributed by atoms with Crippen LogP contribution in [-0.4, -0.2) is 37.0 Å². The van der Waals surface area contributed by atoms with Gasteiger partial charge in [-0.3, -0.25) is 4.79 Å². The van der Waals surface area contributed by atoms with Gasteiger partial charge in [-0.1, -0.05) is 5.11 Å². The summed E-state index contributed by atoms with van der Waals surface area (Å²) < 4.78 is 4.49. The van der Waals surface area contributed by atoms with Crippen LogP contribution in [0.1, 0.15) is 13.3 Å². The van der Waals surface area contributed by atoms with Gasteiger partial charge in [-0.25, -0.2) is 4.79 Å². The minimum Gasteiger partial charge on any atom is -0.466 e. The summed E-state index contributed by atoms with van der Waals surface area (Å²) in [5, 5.41) is 3.45. The number of carbonyl (C=O) groups excluding carboxylic acids is 2. The molecule has 1 saturated heterocycles. The summed E-state index contributed by atoms with van der Waals surface area (Å²) in [5.41, 5.74) is 8.75. The Bertz CT molecular complexity index is 398. The van der Waals surface area contributed by atoms with E-state index in [1.165, 1.54) is 18.1 Å². The Morgan fingerprint density at radius 3 is 3.06 bits per heavy atom. The molecule has 1 atom stereocenters. The number of amides is 1. The first-order chi connectivity index (χ1) is 8.08. The summed E-state index contributed by atoms with van der Waals surface area (Å²) in [6, 6.07) is 0. The first kappa shape index (κ1) is 13.1. The van der Waals surface area contributed by atoms with Crippen molar-refractivity contribution in [3.05, 3.63) is 22.2 Å². The number of allylic oxidation sites excluding steroid dienone is 1. The highest BCUT2D eigenvalue weighted by Crippen LogP contribution is 2.22. The lowest BCUT2D eigenvalue weighted by Gasteiger charge is -2.16. The van der Waals surface area contributed by atoms with Crippen LogP contribution in [0.4, 0.5) is 0 Å². The molecule has 0 N–H and O–H groups in total. The summed E-state index contributed by atoms with van der Waals surface area (Å²) in [6.07, 6.45) is 1.61. The van der Waals surface area contributed by atoms with Gasteiger partial charge in [-0.2, -0.15) is 0 Å². The van der Waals surface area contributed by atoms with E-state index in [-0.39, 0.29) is 11.8 Å². The Balaban J connectivity index is 2.67. The SMILES string of the molecule is COC(=O)C=C(C)N1CC(CN=[N+]=[N-])CC1=O. The van der Waals surface area contributed by atoms with Crippen molar-refractivity contribution < 1.29 is 14.3 Å². The molecule has 1 amide bonds. The first-order valence-electron chi connectivity index (χ1n) is 5.16. The number of carbonyl (C=O) groups is 2. The summed E-state index contributed by atoms with van der Waals surface area (Å²) in [7, 11) is 1.28. The molecule has 1 aliphatic heterocycles. The second kappa shape index (κ2) is 5.91. The van der Waals surface area contributed by atoms with Gasteiger partial charge < -0.3 is 9.64 Å². The molecule has 0 aromatic carbocycles. The van der Waals surface area contributed by atoms with Crippen molar-refractivity contribution in [2.45, 2.75) is 13.3 Å². The fraction of sp³-hybridized carbons (Fsp3) is 0.600. The van der Waals surface area contributed by atoms with Crippen LogP contribution in [-0.2, 0) is 14.3 Å². The minimum absolute atomic E-state index is 0.0133. The van der Waals surface area contributed by atoms with Crippen molar-refractivity contribution in [1.82, 2.24) is 4.90 Å². The zero-order valence-electron chi connectivity index (χ0n) is 9.79. The molecule has 0 radical (unpaired) electrons. The third kappa shape index (κ3) is 3.49. The number of ether oxygens (including phenoxy) is 1. The maximum absolute atomic E-state index is 11.7. The van der Waals surface area contributed by atoms with E-state index in [0.717, 1.165) is 0 Å². The van der Waals surface area contributed by atoms with Gasteiger partial charge in [0.05, 0.1) is 7.11 Å². The number of methoxy groups -OCH3 is 1. The van der Waals surface area contributed by atoms with Gasteiger partial charge >= 0.3 is 5.97 Å². The lowest BCUT2D eigenvalue weighted by atomic mass is 10.1. The largest absolute Gasteiger partial charge is 0.466 e. The molecule has 1 heterocycles. The molecule has 0 bridgehead atoms. The third-order valence-corrected chi connectivity index (χ3v) is 2.56. The molecule has 0 aromatic heterocycles. The maximum Gasteiger partial charge on any atom is 0.332 e. The maximum atomic E-state index is 11.7. The van der Waals surface area contributed by atoms with E-state index < -0.39 is 5.97 Å². The van der Waals surface area contributed by atoms with Crippen LogP contribution in [0.15, 0.2) is 16.9 Å². The monoisotopic (exact) mass is 238 g/mol. The molecule has 92 valence electrons. The van der Waals surface area contributed by atoms with Gasteiger partial charge in [0.1, 0.15) is 0 Å². The molecule has 0 aromatic rings. The van der Waals surface area contributed by atoms with Crippen molar-refractivity contribution >= 4 is 11.9 Å². The molecule has 7 heteroatoms. The van der Waals surface area contributed by atoms with Crippen LogP contribution < -0.4 is 0 Å². The Kier molecular flexibility index (Phi) is 4.54. The molecule has 7 nitrogen and oxygen atoms in total. The number of azide groups is 1. The number of nitrogens with zero attached hydrogens (tertiary/aromatic N) is 4. The molecule has 17 heavy (non-hydrogen) atoms.